The van der Waals surface area contributed by atoms with E-state index in [0.717, 1.165) is 16.7 Å². The Morgan fingerprint density at radius 2 is 1.79 bits per heavy atom. The quantitative estimate of drug-likeness (QED) is 0.527. The molecule has 3 aromatic rings. The van der Waals surface area contributed by atoms with E-state index in [1.54, 1.807) is 24.2 Å². The Balaban J connectivity index is 1.29. The lowest BCUT2D eigenvalue weighted by Gasteiger charge is -2.23. The van der Waals surface area contributed by atoms with Crippen LogP contribution in [-0.2, 0) is 28.0 Å². The maximum atomic E-state index is 13.3. The molecule has 2 atom stereocenters. The summed E-state index contributed by atoms with van der Waals surface area (Å²) in [4.78, 5) is 5.64. The highest BCUT2D eigenvalue weighted by molar-refractivity contribution is 7.90. The van der Waals surface area contributed by atoms with Crippen molar-refractivity contribution in [1.29, 1.82) is 0 Å². The van der Waals surface area contributed by atoms with Gasteiger partial charge >= 0.3 is 0 Å². The number of hydrogen-bond acceptors (Lipinski definition) is 7. The van der Waals surface area contributed by atoms with Gasteiger partial charge < -0.3 is 14.2 Å². The number of sulfonamides is 1. The van der Waals surface area contributed by atoms with Gasteiger partial charge in [0.25, 0.3) is 0 Å². The van der Waals surface area contributed by atoms with Gasteiger partial charge in [-0.05, 0) is 41.0 Å². The van der Waals surface area contributed by atoms with Crippen molar-refractivity contribution in [3.05, 3.63) is 89.5 Å². The van der Waals surface area contributed by atoms with Crippen molar-refractivity contribution in [3.63, 3.8) is 0 Å². The SMILES string of the molecule is CN1OCC(S(=O)(=O)NCc2ccc3c(c2)OCO3)C1c1cccc(OCc2ccccc2)c1. The second-order valence-corrected chi connectivity index (χ2v) is 10.2. The van der Waals surface area contributed by atoms with E-state index in [2.05, 4.69) is 4.72 Å². The third kappa shape index (κ3) is 4.88. The van der Waals surface area contributed by atoms with Gasteiger partial charge in [-0.3, -0.25) is 4.84 Å². The molecule has 9 heteroatoms. The summed E-state index contributed by atoms with van der Waals surface area (Å²) in [6.07, 6.45) is 0. The molecule has 2 unspecified atom stereocenters. The standard InChI is InChI=1S/C25H26N2O6S/c1-27-25(20-8-5-9-21(13-20)30-15-18-6-3-2-4-7-18)24(16-33-27)34(28,29)26-14-19-10-11-22-23(12-19)32-17-31-22/h2-13,24-26H,14-17H2,1H3. The van der Waals surface area contributed by atoms with Gasteiger partial charge in [0.2, 0.25) is 16.8 Å². The van der Waals surface area contributed by atoms with Gasteiger partial charge in [0, 0.05) is 13.6 Å². The maximum Gasteiger partial charge on any atom is 0.231 e. The summed E-state index contributed by atoms with van der Waals surface area (Å²) >= 11 is 0. The smallest absolute Gasteiger partial charge is 0.231 e. The molecule has 0 amide bonds. The zero-order valence-electron chi connectivity index (χ0n) is 18.7. The Bertz CT molecular complexity index is 1250. The molecule has 1 saturated heterocycles. The van der Waals surface area contributed by atoms with Crippen LogP contribution in [0, 0.1) is 0 Å². The lowest BCUT2D eigenvalue weighted by molar-refractivity contribution is -0.110. The predicted molar refractivity (Wildman–Crippen MR) is 126 cm³/mol. The molecule has 0 aromatic heterocycles. The van der Waals surface area contributed by atoms with E-state index in [0.29, 0.717) is 23.9 Å². The Kier molecular flexibility index (Phi) is 6.42. The molecular formula is C25H26N2O6S. The molecule has 0 radical (unpaired) electrons. The number of fused-ring (bicyclic) bond motifs is 1. The minimum atomic E-state index is -3.70. The van der Waals surface area contributed by atoms with Crippen molar-refractivity contribution in [2.45, 2.75) is 24.4 Å². The topological polar surface area (TPSA) is 86.3 Å². The summed E-state index contributed by atoms with van der Waals surface area (Å²) < 4.78 is 45.9. The molecule has 0 saturated carbocycles. The zero-order valence-corrected chi connectivity index (χ0v) is 19.5. The third-order valence-corrected chi connectivity index (χ3v) is 7.69. The highest BCUT2D eigenvalue weighted by Gasteiger charge is 2.43. The molecule has 2 aliphatic heterocycles. The Morgan fingerprint density at radius 1 is 0.971 bits per heavy atom. The first-order chi connectivity index (χ1) is 16.5. The van der Waals surface area contributed by atoms with Crippen LogP contribution in [-0.4, -0.2) is 39.2 Å². The first-order valence-electron chi connectivity index (χ1n) is 11.0. The van der Waals surface area contributed by atoms with Crippen molar-refractivity contribution in [2.24, 2.45) is 0 Å². The molecule has 0 aliphatic carbocycles. The molecule has 1 fully saturated rings. The second kappa shape index (κ2) is 9.63. The fraction of sp³-hybridized carbons (Fsp3) is 0.280. The largest absolute Gasteiger partial charge is 0.489 e. The lowest BCUT2D eigenvalue weighted by atomic mass is 10.0. The first-order valence-corrected chi connectivity index (χ1v) is 12.5. The van der Waals surface area contributed by atoms with E-state index in [4.69, 9.17) is 19.0 Å². The van der Waals surface area contributed by atoms with E-state index in [-0.39, 0.29) is 19.9 Å². The van der Waals surface area contributed by atoms with Crippen LogP contribution >= 0.6 is 0 Å². The van der Waals surface area contributed by atoms with Crippen LogP contribution in [0.15, 0.2) is 72.8 Å². The molecule has 8 nitrogen and oxygen atoms in total. The van der Waals surface area contributed by atoms with Crippen LogP contribution in [0.3, 0.4) is 0 Å². The number of nitrogens with zero attached hydrogens (tertiary/aromatic N) is 1. The summed E-state index contributed by atoms with van der Waals surface area (Å²) in [5.74, 6) is 1.95. The Hall–Kier alpha value is -3.11. The summed E-state index contributed by atoms with van der Waals surface area (Å²) in [6.45, 7) is 0.811. The highest BCUT2D eigenvalue weighted by Crippen LogP contribution is 2.35. The molecule has 0 bridgehead atoms. The molecule has 1 N–H and O–H groups in total. The van der Waals surface area contributed by atoms with Crippen molar-refractivity contribution >= 4 is 10.0 Å². The minimum absolute atomic E-state index is 0.0622. The number of benzene rings is 3. The number of rotatable bonds is 8. The van der Waals surface area contributed by atoms with Crippen molar-refractivity contribution in [2.75, 3.05) is 20.4 Å². The number of hydroxylamine groups is 2. The monoisotopic (exact) mass is 482 g/mol. The Labute approximate surface area is 199 Å². The average molecular weight is 483 g/mol. The summed E-state index contributed by atoms with van der Waals surface area (Å²) in [5, 5.41) is 0.816. The van der Waals surface area contributed by atoms with Crippen LogP contribution in [0.2, 0.25) is 0 Å². The normalized spacial score (nSPS) is 19.9. The van der Waals surface area contributed by atoms with E-state index in [1.807, 2.05) is 60.7 Å². The minimum Gasteiger partial charge on any atom is -0.489 e. The van der Waals surface area contributed by atoms with E-state index >= 15 is 0 Å². The molecule has 3 aromatic carbocycles. The van der Waals surface area contributed by atoms with Gasteiger partial charge in [-0.15, -0.1) is 0 Å². The van der Waals surface area contributed by atoms with Gasteiger partial charge in [-0.1, -0.05) is 48.5 Å². The van der Waals surface area contributed by atoms with E-state index in [1.165, 1.54) is 0 Å². The predicted octanol–water partition coefficient (Wildman–Crippen LogP) is 3.40. The Morgan fingerprint density at radius 3 is 2.65 bits per heavy atom. The molecule has 34 heavy (non-hydrogen) atoms. The first kappa shape index (κ1) is 22.7. The number of ether oxygens (including phenoxy) is 3. The molecule has 2 heterocycles. The molecule has 2 aliphatic rings. The van der Waals surface area contributed by atoms with Gasteiger partial charge in [-0.25, -0.2) is 13.1 Å². The van der Waals surface area contributed by atoms with Gasteiger partial charge in [0.1, 0.15) is 17.6 Å². The highest BCUT2D eigenvalue weighted by atomic mass is 32.2. The molecule has 5 rings (SSSR count). The van der Waals surface area contributed by atoms with Gasteiger partial charge in [-0.2, -0.15) is 5.06 Å². The van der Waals surface area contributed by atoms with E-state index in [9.17, 15) is 8.42 Å². The van der Waals surface area contributed by atoms with Gasteiger partial charge in [0.15, 0.2) is 11.5 Å². The number of hydrogen-bond donors (Lipinski definition) is 1. The maximum absolute atomic E-state index is 13.3. The van der Waals surface area contributed by atoms with Crippen LogP contribution in [0.25, 0.3) is 0 Å². The van der Waals surface area contributed by atoms with Crippen molar-refractivity contribution < 1.29 is 27.5 Å². The van der Waals surface area contributed by atoms with Crippen LogP contribution in [0.1, 0.15) is 22.7 Å². The third-order valence-electron chi connectivity index (χ3n) is 5.95. The number of nitrogens with one attached hydrogen (secondary N) is 1. The molecular weight excluding hydrogens is 456 g/mol. The van der Waals surface area contributed by atoms with Gasteiger partial charge in [0.05, 0.1) is 12.6 Å². The fourth-order valence-corrected chi connectivity index (χ4v) is 5.64. The summed E-state index contributed by atoms with van der Waals surface area (Å²) in [5.41, 5.74) is 2.65. The molecule has 178 valence electrons. The van der Waals surface area contributed by atoms with Crippen LogP contribution < -0.4 is 18.9 Å². The summed E-state index contributed by atoms with van der Waals surface area (Å²) in [7, 11) is -1.95. The zero-order chi connectivity index (χ0) is 23.5. The van der Waals surface area contributed by atoms with Crippen LogP contribution in [0.4, 0.5) is 0 Å². The average Bonchev–Trinajstić information content (AvgIpc) is 3.49. The van der Waals surface area contributed by atoms with Crippen molar-refractivity contribution in [3.8, 4) is 17.2 Å². The molecule has 0 spiro atoms. The lowest BCUT2D eigenvalue weighted by Crippen LogP contribution is -2.39. The van der Waals surface area contributed by atoms with Crippen molar-refractivity contribution in [1.82, 2.24) is 9.79 Å². The fourth-order valence-electron chi connectivity index (χ4n) is 4.15. The second-order valence-electron chi connectivity index (χ2n) is 8.23. The van der Waals surface area contributed by atoms with E-state index < -0.39 is 21.3 Å². The summed E-state index contributed by atoms with van der Waals surface area (Å²) in [6, 6.07) is 22.3. The van der Waals surface area contributed by atoms with Crippen LogP contribution in [0.5, 0.6) is 17.2 Å².